The van der Waals surface area contributed by atoms with Crippen molar-refractivity contribution >= 4 is 23.2 Å². The van der Waals surface area contributed by atoms with Crippen LogP contribution in [0.3, 0.4) is 0 Å². The molecule has 1 unspecified atom stereocenters. The van der Waals surface area contributed by atoms with E-state index in [0.717, 1.165) is 0 Å². The maximum atomic E-state index is 11.6. The van der Waals surface area contributed by atoms with E-state index >= 15 is 0 Å². The summed E-state index contributed by atoms with van der Waals surface area (Å²) in [5.74, 6) is 4.56. The topological polar surface area (TPSA) is 131 Å². The number of rotatable bonds is 4. The standard InChI is InChI=1S/C12H15N5O4/c1-7-12(19)14-11(18)6-16(7)5-8-2-3-10(17(20)21)9(4-8)15-13/h2-4,7,15H,5-6,13H2,1H3,(H,14,18,19). The number of nitrogen functional groups attached to an aromatic ring is 1. The van der Waals surface area contributed by atoms with Crippen molar-refractivity contribution in [2.75, 3.05) is 12.0 Å². The van der Waals surface area contributed by atoms with Crippen LogP contribution in [0.25, 0.3) is 0 Å². The summed E-state index contributed by atoms with van der Waals surface area (Å²) in [6.45, 7) is 2.09. The first-order chi connectivity index (χ1) is 9.92. The molecular weight excluding hydrogens is 278 g/mol. The molecule has 9 heteroatoms. The van der Waals surface area contributed by atoms with Gasteiger partial charge in [-0.3, -0.25) is 35.8 Å². The second-order valence-electron chi connectivity index (χ2n) is 4.75. The normalized spacial score (nSPS) is 19.2. The fourth-order valence-electron chi connectivity index (χ4n) is 2.15. The Balaban J connectivity index is 2.21. The molecule has 0 bridgehead atoms. The van der Waals surface area contributed by atoms with Crippen molar-refractivity contribution in [3.8, 4) is 0 Å². The third-order valence-electron chi connectivity index (χ3n) is 3.34. The lowest BCUT2D eigenvalue weighted by Crippen LogP contribution is -2.56. The Bertz CT molecular complexity index is 603. The Labute approximate surface area is 120 Å². The predicted octanol–water partition coefficient (Wildman–Crippen LogP) is -0.273. The van der Waals surface area contributed by atoms with Crippen LogP contribution in [0.1, 0.15) is 12.5 Å². The molecule has 0 spiro atoms. The lowest BCUT2D eigenvalue weighted by atomic mass is 10.1. The number of imide groups is 1. The first kappa shape index (κ1) is 14.9. The van der Waals surface area contributed by atoms with Gasteiger partial charge in [0.2, 0.25) is 11.8 Å². The molecular formula is C12H15N5O4. The number of piperazine rings is 1. The van der Waals surface area contributed by atoms with Crippen LogP contribution < -0.4 is 16.6 Å². The van der Waals surface area contributed by atoms with Crippen LogP contribution in [0.15, 0.2) is 18.2 Å². The van der Waals surface area contributed by atoms with Gasteiger partial charge in [0.25, 0.3) is 5.69 Å². The number of hydrogen-bond acceptors (Lipinski definition) is 7. The van der Waals surface area contributed by atoms with Crippen LogP contribution in [0.4, 0.5) is 11.4 Å². The molecule has 1 aromatic carbocycles. The van der Waals surface area contributed by atoms with Gasteiger partial charge in [-0.05, 0) is 18.6 Å². The molecule has 112 valence electrons. The minimum Gasteiger partial charge on any atom is -0.318 e. The monoisotopic (exact) mass is 293 g/mol. The first-order valence-corrected chi connectivity index (χ1v) is 6.24. The highest BCUT2D eigenvalue weighted by atomic mass is 16.6. The second-order valence-corrected chi connectivity index (χ2v) is 4.75. The fourth-order valence-corrected chi connectivity index (χ4v) is 2.15. The summed E-state index contributed by atoms with van der Waals surface area (Å²) in [5.41, 5.74) is 3.03. The number of nitrogens with one attached hydrogen (secondary N) is 2. The number of nitrogens with two attached hydrogens (primary N) is 1. The Kier molecular flexibility index (Phi) is 4.15. The number of nitro benzene ring substituents is 1. The molecule has 0 aromatic heterocycles. The molecule has 1 aliphatic heterocycles. The van der Waals surface area contributed by atoms with Crippen LogP contribution in [0.2, 0.25) is 0 Å². The van der Waals surface area contributed by atoms with Crippen molar-refractivity contribution in [1.29, 1.82) is 0 Å². The molecule has 1 atom stereocenters. The largest absolute Gasteiger partial charge is 0.318 e. The summed E-state index contributed by atoms with van der Waals surface area (Å²) >= 11 is 0. The molecule has 2 rings (SSSR count). The predicted molar refractivity (Wildman–Crippen MR) is 73.9 cm³/mol. The number of amides is 2. The molecule has 9 nitrogen and oxygen atoms in total. The smallest absolute Gasteiger partial charge is 0.293 e. The van der Waals surface area contributed by atoms with Gasteiger partial charge in [0.1, 0.15) is 5.69 Å². The SMILES string of the molecule is CC1C(=O)NC(=O)CN1Cc1ccc([N+](=O)[O-])c(NN)c1. The summed E-state index contributed by atoms with van der Waals surface area (Å²) in [6.07, 6.45) is 0. The summed E-state index contributed by atoms with van der Waals surface area (Å²) in [4.78, 5) is 34.9. The maximum absolute atomic E-state index is 11.6. The van der Waals surface area contributed by atoms with E-state index in [2.05, 4.69) is 10.7 Å². The second kappa shape index (κ2) is 5.85. The summed E-state index contributed by atoms with van der Waals surface area (Å²) < 4.78 is 0. The number of hydrazine groups is 1. The fraction of sp³-hybridized carbons (Fsp3) is 0.333. The quantitative estimate of drug-likeness (QED) is 0.301. The highest BCUT2D eigenvalue weighted by Gasteiger charge is 2.30. The average Bonchev–Trinajstić information content (AvgIpc) is 2.43. The van der Waals surface area contributed by atoms with Crippen molar-refractivity contribution in [3.05, 3.63) is 33.9 Å². The molecule has 1 heterocycles. The van der Waals surface area contributed by atoms with Crippen LogP contribution in [0, 0.1) is 10.1 Å². The van der Waals surface area contributed by atoms with Crippen molar-refractivity contribution < 1.29 is 14.5 Å². The van der Waals surface area contributed by atoms with Crippen molar-refractivity contribution in [2.45, 2.75) is 19.5 Å². The molecule has 0 saturated carbocycles. The number of carbonyl (C=O) groups is 2. The number of hydrogen-bond donors (Lipinski definition) is 3. The molecule has 0 aliphatic carbocycles. The highest BCUT2D eigenvalue weighted by Crippen LogP contribution is 2.25. The first-order valence-electron chi connectivity index (χ1n) is 6.24. The number of benzene rings is 1. The van der Waals surface area contributed by atoms with Crippen molar-refractivity contribution in [2.24, 2.45) is 5.84 Å². The lowest BCUT2D eigenvalue weighted by molar-refractivity contribution is -0.384. The third kappa shape index (κ3) is 3.15. The van der Waals surface area contributed by atoms with Crippen LogP contribution in [-0.4, -0.2) is 34.2 Å². The molecule has 1 fully saturated rings. The Morgan fingerprint density at radius 2 is 2.24 bits per heavy atom. The van der Waals surface area contributed by atoms with Gasteiger partial charge < -0.3 is 5.43 Å². The molecule has 4 N–H and O–H groups in total. The van der Waals surface area contributed by atoms with Gasteiger partial charge in [0, 0.05) is 12.6 Å². The molecule has 0 radical (unpaired) electrons. The van der Waals surface area contributed by atoms with Gasteiger partial charge in [-0.15, -0.1) is 0 Å². The average molecular weight is 293 g/mol. The van der Waals surface area contributed by atoms with Gasteiger partial charge in [0.05, 0.1) is 17.5 Å². The molecule has 1 aromatic rings. The van der Waals surface area contributed by atoms with Gasteiger partial charge in [-0.25, -0.2) is 0 Å². The van der Waals surface area contributed by atoms with E-state index in [-0.39, 0.29) is 29.7 Å². The summed E-state index contributed by atoms with van der Waals surface area (Å²) in [6, 6.07) is 3.98. The molecule has 1 aliphatic rings. The minimum atomic E-state index is -0.542. The minimum absolute atomic E-state index is 0.0925. The third-order valence-corrected chi connectivity index (χ3v) is 3.34. The lowest BCUT2D eigenvalue weighted by Gasteiger charge is -2.31. The zero-order chi connectivity index (χ0) is 15.6. The van der Waals surface area contributed by atoms with Gasteiger partial charge in [-0.1, -0.05) is 6.07 Å². The number of nitro groups is 1. The molecule has 1 saturated heterocycles. The van der Waals surface area contributed by atoms with Crippen molar-refractivity contribution in [3.63, 3.8) is 0 Å². The van der Waals surface area contributed by atoms with Crippen molar-refractivity contribution in [1.82, 2.24) is 10.2 Å². The molecule has 2 amide bonds. The number of anilines is 1. The van der Waals surface area contributed by atoms with E-state index < -0.39 is 11.0 Å². The Hall–Kier alpha value is -2.52. The van der Waals surface area contributed by atoms with Gasteiger partial charge in [0.15, 0.2) is 0 Å². The zero-order valence-electron chi connectivity index (χ0n) is 11.3. The van der Waals surface area contributed by atoms with Gasteiger partial charge in [-0.2, -0.15) is 0 Å². The van der Waals surface area contributed by atoms with Crippen LogP contribution in [0.5, 0.6) is 0 Å². The highest BCUT2D eigenvalue weighted by molar-refractivity contribution is 6.00. The Morgan fingerprint density at radius 3 is 2.86 bits per heavy atom. The van der Waals surface area contributed by atoms with E-state index in [1.54, 1.807) is 17.9 Å². The van der Waals surface area contributed by atoms with E-state index in [1.165, 1.54) is 12.1 Å². The summed E-state index contributed by atoms with van der Waals surface area (Å²) in [5, 5.41) is 13.1. The number of nitrogens with zero attached hydrogens (tertiary/aromatic N) is 2. The van der Waals surface area contributed by atoms with Gasteiger partial charge >= 0.3 is 0 Å². The van der Waals surface area contributed by atoms with Crippen LogP contribution in [-0.2, 0) is 16.1 Å². The van der Waals surface area contributed by atoms with E-state index in [4.69, 9.17) is 5.84 Å². The van der Waals surface area contributed by atoms with E-state index in [9.17, 15) is 19.7 Å². The summed E-state index contributed by atoms with van der Waals surface area (Å²) in [7, 11) is 0. The Morgan fingerprint density at radius 1 is 1.52 bits per heavy atom. The van der Waals surface area contributed by atoms with E-state index in [1.807, 2.05) is 0 Å². The molecule has 21 heavy (non-hydrogen) atoms. The zero-order valence-corrected chi connectivity index (χ0v) is 11.3. The number of carbonyl (C=O) groups excluding carboxylic acids is 2. The van der Waals surface area contributed by atoms with E-state index in [0.29, 0.717) is 12.1 Å². The van der Waals surface area contributed by atoms with Crippen LogP contribution >= 0.6 is 0 Å². The maximum Gasteiger partial charge on any atom is 0.293 e.